The lowest BCUT2D eigenvalue weighted by molar-refractivity contribution is -0.157. The van der Waals surface area contributed by atoms with Crippen LogP contribution in [0, 0.1) is 0 Å². The number of ether oxygens (including phenoxy) is 2. The van der Waals surface area contributed by atoms with Gasteiger partial charge in [-0.1, -0.05) is 0 Å². The van der Waals surface area contributed by atoms with Crippen LogP contribution in [-0.2, 0) is 20.7 Å². The highest BCUT2D eigenvalue weighted by Gasteiger charge is 2.39. The number of carbonyl (C=O) groups is 1. The minimum atomic E-state index is -0.580. The van der Waals surface area contributed by atoms with Crippen LogP contribution in [0.1, 0.15) is 31.7 Å². The summed E-state index contributed by atoms with van der Waals surface area (Å²) in [6.07, 6.45) is 2.78. The van der Waals surface area contributed by atoms with Crippen LogP contribution in [-0.4, -0.2) is 31.2 Å². The van der Waals surface area contributed by atoms with Crippen molar-refractivity contribution in [1.29, 1.82) is 0 Å². The summed E-state index contributed by atoms with van der Waals surface area (Å²) in [5.41, 5.74) is 0.662. The second-order valence-corrected chi connectivity index (χ2v) is 5.37. The molecule has 0 aromatic carbocycles. The van der Waals surface area contributed by atoms with Crippen molar-refractivity contribution in [3.63, 3.8) is 0 Å². The Morgan fingerprint density at radius 1 is 1.50 bits per heavy atom. The van der Waals surface area contributed by atoms with Crippen molar-refractivity contribution in [3.8, 4) is 0 Å². The molecule has 0 N–H and O–H groups in total. The molecule has 0 radical (unpaired) electrons. The first kappa shape index (κ1) is 13.7. The Hall–Kier alpha value is -0.710. The average molecular weight is 268 g/mol. The van der Waals surface area contributed by atoms with E-state index in [9.17, 15) is 4.79 Å². The molecule has 3 nitrogen and oxygen atoms in total. The summed E-state index contributed by atoms with van der Waals surface area (Å²) in [5, 5.41) is 4.15. The lowest BCUT2D eigenvalue weighted by Gasteiger charge is -2.35. The molecule has 1 saturated heterocycles. The molecule has 1 fully saturated rings. The third-order valence-corrected chi connectivity index (χ3v) is 4.18. The first-order valence-corrected chi connectivity index (χ1v) is 7.47. The number of aryl methyl sites for hydroxylation is 1. The predicted octanol–water partition coefficient (Wildman–Crippen LogP) is 2.84. The summed E-state index contributed by atoms with van der Waals surface area (Å²) in [6, 6.07) is 2.08. The highest BCUT2D eigenvalue weighted by atomic mass is 32.1. The first-order chi connectivity index (χ1) is 8.77. The van der Waals surface area contributed by atoms with Crippen molar-refractivity contribution in [2.24, 2.45) is 0 Å². The van der Waals surface area contributed by atoms with Crippen LogP contribution in [0.5, 0.6) is 0 Å². The van der Waals surface area contributed by atoms with E-state index in [0.29, 0.717) is 39.1 Å². The maximum atomic E-state index is 12.4. The fraction of sp³-hybridized carbons (Fsp3) is 0.643. The molecule has 100 valence electrons. The molecule has 0 amide bonds. The Kier molecular flexibility index (Phi) is 4.92. The van der Waals surface area contributed by atoms with E-state index < -0.39 is 5.60 Å². The summed E-state index contributed by atoms with van der Waals surface area (Å²) < 4.78 is 11.1. The molecule has 1 aliphatic rings. The molecule has 0 spiro atoms. The minimum Gasteiger partial charge on any atom is -0.381 e. The number of carbonyl (C=O) groups excluding carboxylic acids is 1. The molecule has 2 heterocycles. The molecule has 18 heavy (non-hydrogen) atoms. The van der Waals surface area contributed by atoms with Crippen LogP contribution in [0.2, 0.25) is 0 Å². The van der Waals surface area contributed by atoms with Crippen molar-refractivity contribution in [2.45, 2.75) is 38.2 Å². The van der Waals surface area contributed by atoms with Gasteiger partial charge in [0.1, 0.15) is 5.60 Å². The van der Waals surface area contributed by atoms with Gasteiger partial charge in [-0.3, -0.25) is 4.79 Å². The van der Waals surface area contributed by atoms with Gasteiger partial charge in [0.2, 0.25) is 0 Å². The van der Waals surface area contributed by atoms with Gasteiger partial charge in [-0.15, -0.1) is 0 Å². The Bertz CT molecular complexity index is 361. The number of rotatable bonds is 6. The quantitative estimate of drug-likeness (QED) is 0.796. The average Bonchev–Trinajstić information content (AvgIpc) is 2.90. The lowest BCUT2D eigenvalue weighted by Crippen LogP contribution is -2.46. The second kappa shape index (κ2) is 6.45. The molecule has 1 aromatic heterocycles. The van der Waals surface area contributed by atoms with Gasteiger partial charge in [0, 0.05) is 39.1 Å². The van der Waals surface area contributed by atoms with Gasteiger partial charge < -0.3 is 9.47 Å². The number of ketones is 1. The molecule has 0 bridgehead atoms. The van der Waals surface area contributed by atoms with Crippen molar-refractivity contribution >= 4 is 17.1 Å². The number of hydrogen-bond donors (Lipinski definition) is 0. The van der Waals surface area contributed by atoms with Crippen LogP contribution in [0.4, 0.5) is 0 Å². The zero-order valence-corrected chi connectivity index (χ0v) is 11.6. The van der Waals surface area contributed by atoms with Crippen LogP contribution in [0.15, 0.2) is 16.8 Å². The van der Waals surface area contributed by atoms with Gasteiger partial charge in [-0.05, 0) is 35.7 Å². The summed E-state index contributed by atoms with van der Waals surface area (Å²) in [4.78, 5) is 12.4. The van der Waals surface area contributed by atoms with Crippen LogP contribution < -0.4 is 0 Å². The fourth-order valence-corrected chi connectivity index (χ4v) is 3.10. The Labute approximate surface area is 112 Å². The molecule has 1 aromatic rings. The second-order valence-electron chi connectivity index (χ2n) is 4.59. The summed E-state index contributed by atoms with van der Waals surface area (Å²) in [5.74, 6) is 0.235. The summed E-state index contributed by atoms with van der Waals surface area (Å²) >= 11 is 1.67. The molecular formula is C14H20O3S. The number of thiophene rings is 1. The molecule has 0 aliphatic carbocycles. The maximum absolute atomic E-state index is 12.4. The van der Waals surface area contributed by atoms with Crippen molar-refractivity contribution in [1.82, 2.24) is 0 Å². The standard InChI is InChI=1S/C14H20O3S/c1-2-17-14(6-8-16-9-7-14)13(15)4-3-12-5-10-18-11-12/h5,10-11H,2-4,6-9H2,1H3. The third kappa shape index (κ3) is 3.19. The predicted molar refractivity (Wildman–Crippen MR) is 72.1 cm³/mol. The van der Waals surface area contributed by atoms with E-state index in [-0.39, 0.29) is 5.78 Å². The van der Waals surface area contributed by atoms with Gasteiger partial charge in [0.05, 0.1) is 0 Å². The summed E-state index contributed by atoms with van der Waals surface area (Å²) in [7, 11) is 0. The van der Waals surface area contributed by atoms with Crippen molar-refractivity contribution < 1.29 is 14.3 Å². The van der Waals surface area contributed by atoms with E-state index in [4.69, 9.17) is 9.47 Å². The molecule has 0 saturated carbocycles. The molecule has 4 heteroatoms. The van der Waals surface area contributed by atoms with Crippen molar-refractivity contribution in [3.05, 3.63) is 22.4 Å². The highest BCUT2D eigenvalue weighted by molar-refractivity contribution is 7.07. The largest absolute Gasteiger partial charge is 0.381 e. The van der Waals surface area contributed by atoms with Crippen LogP contribution in [0.25, 0.3) is 0 Å². The maximum Gasteiger partial charge on any atom is 0.165 e. The zero-order chi connectivity index (χ0) is 12.8. The van der Waals surface area contributed by atoms with E-state index >= 15 is 0 Å². The van der Waals surface area contributed by atoms with Gasteiger partial charge in [0.25, 0.3) is 0 Å². The van der Waals surface area contributed by atoms with Crippen molar-refractivity contribution in [2.75, 3.05) is 19.8 Å². The zero-order valence-electron chi connectivity index (χ0n) is 10.8. The summed E-state index contributed by atoms with van der Waals surface area (Å²) in [6.45, 7) is 3.79. The lowest BCUT2D eigenvalue weighted by atomic mass is 9.86. The topological polar surface area (TPSA) is 35.5 Å². The Morgan fingerprint density at radius 2 is 2.28 bits per heavy atom. The monoisotopic (exact) mass is 268 g/mol. The first-order valence-electron chi connectivity index (χ1n) is 6.53. The fourth-order valence-electron chi connectivity index (χ4n) is 2.40. The van der Waals surface area contributed by atoms with Crippen LogP contribution in [0.3, 0.4) is 0 Å². The molecular weight excluding hydrogens is 248 g/mol. The SMILES string of the molecule is CCOC1(C(=O)CCc2ccsc2)CCOCC1. The van der Waals surface area contributed by atoms with Gasteiger partial charge >= 0.3 is 0 Å². The minimum absolute atomic E-state index is 0.235. The molecule has 1 aliphatic heterocycles. The Balaban J connectivity index is 1.95. The van der Waals surface area contributed by atoms with Crippen LogP contribution >= 0.6 is 11.3 Å². The van der Waals surface area contributed by atoms with E-state index in [2.05, 4.69) is 11.4 Å². The highest BCUT2D eigenvalue weighted by Crippen LogP contribution is 2.28. The van der Waals surface area contributed by atoms with E-state index in [1.807, 2.05) is 12.3 Å². The smallest absolute Gasteiger partial charge is 0.165 e. The molecule has 0 atom stereocenters. The van der Waals surface area contributed by atoms with Gasteiger partial charge in [-0.2, -0.15) is 11.3 Å². The van der Waals surface area contributed by atoms with Gasteiger partial charge in [-0.25, -0.2) is 0 Å². The normalized spacial score (nSPS) is 18.7. The third-order valence-electron chi connectivity index (χ3n) is 3.45. The van der Waals surface area contributed by atoms with E-state index in [0.717, 1.165) is 6.42 Å². The molecule has 0 unspecified atom stereocenters. The van der Waals surface area contributed by atoms with E-state index in [1.54, 1.807) is 11.3 Å². The Morgan fingerprint density at radius 3 is 2.89 bits per heavy atom. The van der Waals surface area contributed by atoms with Gasteiger partial charge in [0.15, 0.2) is 5.78 Å². The molecule has 2 rings (SSSR count). The van der Waals surface area contributed by atoms with E-state index in [1.165, 1.54) is 5.56 Å². The number of Topliss-reactive ketones (excluding diaryl/α,β-unsaturated/α-hetero) is 1. The number of hydrogen-bond acceptors (Lipinski definition) is 4.